The van der Waals surface area contributed by atoms with Crippen LogP contribution in [0.2, 0.25) is 0 Å². The van der Waals surface area contributed by atoms with Crippen molar-refractivity contribution in [3.63, 3.8) is 0 Å². The molecule has 11 heteroatoms. The zero-order valence-electron chi connectivity index (χ0n) is 18.9. The Bertz CT molecular complexity index is 1580. The Hall–Kier alpha value is -4.38. The number of fused-ring (bicyclic) bond motifs is 2. The summed E-state index contributed by atoms with van der Waals surface area (Å²) < 4.78 is 12.1. The highest BCUT2D eigenvalue weighted by Crippen LogP contribution is 2.33. The molecule has 4 aromatic heterocycles. The maximum atomic E-state index is 12.8. The van der Waals surface area contributed by atoms with Crippen LogP contribution in [-0.2, 0) is 16.1 Å². The molecule has 0 aliphatic rings. The van der Waals surface area contributed by atoms with Crippen LogP contribution in [0, 0.1) is 6.92 Å². The Morgan fingerprint density at radius 1 is 1.09 bits per heavy atom. The lowest BCUT2D eigenvalue weighted by molar-refractivity contribution is 0.0463. The molecule has 5 rings (SSSR count). The predicted octanol–water partition coefficient (Wildman–Crippen LogP) is 3.83. The average Bonchev–Trinajstić information content (AvgIpc) is 3.45. The van der Waals surface area contributed by atoms with Gasteiger partial charge in [0, 0.05) is 11.8 Å². The van der Waals surface area contributed by atoms with Crippen LogP contribution >= 0.6 is 11.3 Å². The number of ether oxygens (including phenoxy) is 2. The first-order valence-corrected chi connectivity index (χ1v) is 11.6. The number of nitrogen functional groups attached to an aromatic ring is 1. The molecule has 0 aliphatic heterocycles. The topological polar surface area (TPSA) is 135 Å². The Balaban J connectivity index is 1.40. The van der Waals surface area contributed by atoms with Crippen molar-refractivity contribution in [1.82, 2.24) is 24.6 Å². The van der Waals surface area contributed by atoms with Crippen molar-refractivity contribution in [3.8, 4) is 11.3 Å². The molecule has 176 valence electrons. The van der Waals surface area contributed by atoms with Crippen LogP contribution in [0.25, 0.3) is 27.1 Å². The first-order chi connectivity index (χ1) is 17.0. The van der Waals surface area contributed by atoms with E-state index in [4.69, 9.17) is 15.2 Å². The van der Waals surface area contributed by atoms with E-state index in [1.807, 2.05) is 36.4 Å². The van der Waals surface area contributed by atoms with Gasteiger partial charge in [-0.2, -0.15) is 5.10 Å². The maximum Gasteiger partial charge on any atom is 0.348 e. The van der Waals surface area contributed by atoms with Gasteiger partial charge in [-0.1, -0.05) is 30.3 Å². The molecule has 1 aromatic carbocycles. The van der Waals surface area contributed by atoms with Gasteiger partial charge in [0.15, 0.2) is 18.1 Å². The highest BCUT2D eigenvalue weighted by atomic mass is 32.1. The summed E-state index contributed by atoms with van der Waals surface area (Å²) in [4.78, 5) is 39.0. The highest BCUT2D eigenvalue weighted by molar-refractivity contribution is 7.20. The van der Waals surface area contributed by atoms with Gasteiger partial charge in [0.2, 0.25) is 0 Å². The molecule has 0 fully saturated rings. The standard InChI is InChI=1S/C24H20N6O4S/c1-3-33-24(32)19-13(2)18-20(25)28-17(29-22(18)35-19)12-34-23(31)15-11-27-30-16(9-10-26-21(15)30)14-7-5-4-6-8-14/h4-11H,3,12H2,1-2H3,(H2,25,28,29). The number of nitrogens with zero attached hydrogens (tertiary/aromatic N) is 5. The van der Waals surface area contributed by atoms with Crippen molar-refractivity contribution in [2.75, 3.05) is 12.3 Å². The van der Waals surface area contributed by atoms with Gasteiger partial charge < -0.3 is 15.2 Å². The van der Waals surface area contributed by atoms with E-state index < -0.39 is 11.9 Å². The van der Waals surface area contributed by atoms with Crippen molar-refractivity contribution in [1.29, 1.82) is 0 Å². The van der Waals surface area contributed by atoms with E-state index >= 15 is 0 Å². The molecule has 35 heavy (non-hydrogen) atoms. The van der Waals surface area contributed by atoms with E-state index in [1.54, 1.807) is 24.6 Å². The lowest BCUT2D eigenvalue weighted by atomic mass is 10.1. The van der Waals surface area contributed by atoms with Gasteiger partial charge in [0.05, 0.1) is 23.9 Å². The SMILES string of the molecule is CCOC(=O)c1sc2nc(COC(=O)c3cnn4c(-c5ccccc5)ccnc34)nc(N)c2c1C. The lowest BCUT2D eigenvalue weighted by Crippen LogP contribution is -2.09. The van der Waals surface area contributed by atoms with Crippen LogP contribution in [-0.4, -0.2) is 43.1 Å². The number of carbonyl (C=O) groups is 2. The molecule has 5 aromatic rings. The zero-order valence-corrected chi connectivity index (χ0v) is 19.7. The molecule has 0 unspecified atom stereocenters. The van der Waals surface area contributed by atoms with Crippen LogP contribution < -0.4 is 5.73 Å². The Labute approximate surface area is 203 Å². The number of hydrogen-bond acceptors (Lipinski definition) is 10. The van der Waals surface area contributed by atoms with Crippen molar-refractivity contribution in [3.05, 3.63) is 70.6 Å². The van der Waals surface area contributed by atoms with Gasteiger partial charge in [-0.15, -0.1) is 11.3 Å². The van der Waals surface area contributed by atoms with Crippen molar-refractivity contribution >= 4 is 45.0 Å². The van der Waals surface area contributed by atoms with Crippen LogP contribution in [0.4, 0.5) is 5.82 Å². The molecule has 4 heterocycles. The molecule has 0 saturated carbocycles. The summed E-state index contributed by atoms with van der Waals surface area (Å²) in [6, 6.07) is 11.5. The number of carbonyl (C=O) groups excluding carboxylic acids is 2. The smallest absolute Gasteiger partial charge is 0.348 e. The van der Waals surface area contributed by atoms with E-state index in [-0.39, 0.29) is 30.4 Å². The second-order valence-corrected chi connectivity index (χ2v) is 8.55. The normalized spacial score (nSPS) is 11.1. The largest absolute Gasteiger partial charge is 0.462 e. The number of aromatic nitrogens is 5. The zero-order chi connectivity index (χ0) is 24.5. The van der Waals surface area contributed by atoms with Crippen LogP contribution in [0.5, 0.6) is 0 Å². The third-order valence-corrected chi connectivity index (χ3v) is 6.51. The first-order valence-electron chi connectivity index (χ1n) is 10.8. The molecule has 0 amide bonds. The summed E-state index contributed by atoms with van der Waals surface area (Å²) in [5.41, 5.74) is 9.12. The van der Waals surface area contributed by atoms with Gasteiger partial charge in [-0.05, 0) is 25.5 Å². The summed E-state index contributed by atoms with van der Waals surface area (Å²) in [7, 11) is 0. The van der Waals surface area contributed by atoms with E-state index in [0.29, 0.717) is 26.3 Å². The molecule has 0 aliphatic carbocycles. The number of esters is 2. The molecular weight excluding hydrogens is 468 g/mol. The Kier molecular flexibility index (Phi) is 5.83. The second kappa shape index (κ2) is 9.11. The number of benzene rings is 1. The van der Waals surface area contributed by atoms with E-state index in [0.717, 1.165) is 22.6 Å². The second-order valence-electron chi connectivity index (χ2n) is 7.55. The minimum absolute atomic E-state index is 0.204. The quantitative estimate of drug-likeness (QED) is 0.354. The third kappa shape index (κ3) is 4.06. The molecule has 10 nitrogen and oxygen atoms in total. The fourth-order valence-corrected chi connectivity index (χ4v) is 4.84. The van der Waals surface area contributed by atoms with Gasteiger partial charge in [0.25, 0.3) is 0 Å². The molecule has 0 spiro atoms. The van der Waals surface area contributed by atoms with Gasteiger partial charge in [0.1, 0.15) is 21.1 Å². The third-order valence-electron chi connectivity index (χ3n) is 5.35. The fraction of sp³-hybridized carbons (Fsp3) is 0.167. The fourth-order valence-electron chi connectivity index (χ4n) is 3.74. The summed E-state index contributed by atoms with van der Waals surface area (Å²) >= 11 is 1.16. The predicted molar refractivity (Wildman–Crippen MR) is 130 cm³/mol. The molecule has 0 saturated heterocycles. The van der Waals surface area contributed by atoms with Crippen LogP contribution in [0.3, 0.4) is 0 Å². The molecule has 2 N–H and O–H groups in total. The molecule has 0 radical (unpaired) electrons. The average molecular weight is 489 g/mol. The number of rotatable bonds is 6. The summed E-state index contributed by atoms with van der Waals surface area (Å²) in [5, 5.41) is 4.92. The Morgan fingerprint density at radius 2 is 1.89 bits per heavy atom. The van der Waals surface area contributed by atoms with E-state index in [2.05, 4.69) is 20.1 Å². The van der Waals surface area contributed by atoms with Crippen LogP contribution in [0.1, 0.15) is 38.3 Å². The number of thiophene rings is 1. The van der Waals surface area contributed by atoms with E-state index in [9.17, 15) is 9.59 Å². The minimum atomic E-state index is -0.616. The summed E-state index contributed by atoms with van der Waals surface area (Å²) in [6.45, 7) is 3.57. The van der Waals surface area contributed by atoms with Crippen LogP contribution in [0.15, 0.2) is 48.8 Å². The number of aryl methyl sites for hydroxylation is 1. The van der Waals surface area contributed by atoms with Gasteiger partial charge >= 0.3 is 11.9 Å². The van der Waals surface area contributed by atoms with Crippen molar-refractivity contribution in [2.24, 2.45) is 0 Å². The van der Waals surface area contributed by atoms with Gasteiger partial charge in [-0.25, -0.2) is 29.1 Å². The summed E-state index contributed by atoms with van der Waals surface area (Å²) in [6.07, 6.45) is 3.04. The molecular formula is C24H20N6O4S. The molecule has 0 atom stereocenters. The Morgan fingerprint density at radius 3 is 2.66 bits per heavy atom. The molecule has 0 bridgehead atoms. The maximum absolute atomic E-state index is 12.8. The first kappa shape index (κ1) is 22.4. The number of nitrogens with two attached hydrogens (primary N) is 1. The monoisotopic (exact) mass is 488 g/mol. The van der Waals surface area contributed by atoms with Crippen molar-refractivity contribution in [2.45, 2.75) is 20.5 Å². The van der Waals surface area contributed by atoms with Crippen molar-refractivity contribution < 1.29 is 19.1 Å². The number of hydrogen-bond donors (Lipinski definition) is 1. The highest BCUT2D eigenvalue weighted by Gasteiger charge is 2.22. The lowest BCUT2D eigenvalue weighted by Gasteiger charge is -2.06. The minimum Gasteiger partial charge on any atom is -0.462 e. The van der Waals surface area contributed by atoms with E-state index in [1.165, 1.54) is 6.20 Å². The van der Waals surface area contributed by atoms with Gasteiger partial charge in [-0.3, -0.25) is 0 Å². The summed E-state index contributed by atoms with van der Waals surface area (Å²) in [5.74, 6) is -0.629. The number of anilines is 1.